The molecule has 6 heteroatoms. The molecule has 1 aliphatic carbocycles. The van der Waals surface area contributed by atoms with Crippen molar-refractivity contribution in [1.29, 1.82) is 0 Å². The topological polar surface area (TPSA) is 86.3 Å². The Morgan fingerprint density at radius 2 is 2.00 bits per heavy atom. The second-order valence-corrected chi connectivity index (χ2v) is 5.21. The molecule has 1 aromatic carbocycles. The Labute approximate surface area is 127 Å². The van der Waals surface area contributed by atoms with Gasteiger partial charge in [-0.05, 0) is 37.1 Å². The third-order valence-corrected chi connectivity index (χ3v) is 3.79. The number of carbonyl (C=O) groups excluding carboxylic acids is 1. The number of hydrogen-bond donors (Lipinski definition) is 2. The molecule has 0 bridgehead atoms. The minimum atomic E-state index is -0.578. The Morgan fingerprint density at radius 1 is 1.27 bits per heavy atom. The SMILES string of the molecule is COc1ccccc1-c1ccc(C(=O)NN)c(=O)n1C1CC1. The van der Waals surface area contributed by atoms with Gasteiger partial charge in [-0.25, -0.2) is 5.84 Å². The predicted molar refractivity (Wildman–Crippen MR) is 82.6 cm³/mol. The first kappa shape index (κ1) is 14.3. The molecule has 0 spiro atoms. The molecule has 1 aromatic heterocycles. The Morgan fingerprint density at radius 3 is 2.64 bits per heavy atom. The summed E-state index contributed by atoms with van der Waals surface area (Å²) in [5.74, 6) is 5.25. The zero-order chi connectivity index (χ0) is 15.7. The van der Waals surface area contributed by atoms with Crippen molar-refractivity contribution in [3.05, 3.63) is 52.3 Å². The molecule has 0 saturated heterocycles. The van der Waals surface area contributed by atoms with Crippen LogP contribution in [0.5, 0.6) is 5.75 Å². The van der Waals surface area contributed by atoms with Gasteiger partial charge in [0, 0.05) is 11.6 Å². The molecule has 1 fully saturated rings. The van der Waals surface area contributed by atoms with Crippen molar-refractivity contribution in [3.8, 4) is 17.0 Å². The van der Waals surface area contributed by atoms with Crippen LogP contribution in [0.1, 0.15) is 29.2 Å². The summed E-state index contributed by atoms with van der Waals surface area (Å²) in [5, 5.41) is 0. The van der Waals surface area contributed by atoms with Gasteiger partial charge in [-0.15, -0.1) is 0 Å². The average Bonchev–Trinajstić information content (AvgIpc) is 3.38. The smallest absolute Gasteiger partial charge is 0.270 e. The van der Waals surface area contributed by atoms with E-state index in [9.17, 15) is 9.59 Å². The van der Waals surface area contributed by atoms with Crippen LogP contribution in [0, 0.1) is 0 Å². The van der Waals surface area contributed by atoms with Crippen LogP contribution in [0.25, 0.3) is 11.3 Å². The summed E-state index contributed by atoms with van der Waals surface area (Å²) in [6, 6.07) is 10.9. The third-order valence-electron chi connectivity index (χ3n) is 3.79. The van der Waals surface area contributed by atoms with Gasteiger partial charge in [0.1, 0.15) is 11.3 Å². The number of ether oxygens (including phenoxy) is 1. The number of nitrogens with one attached hydrogen (secondary N) is 1. The number of amides is 1. The highest BCUT2D eigenvalue weighted by Gasteiger charge is 2.29. The Hall–Kier alpha value is -2.60. The number of rotatable bonds is 4. The summed E-state index contributed by atoms with van der Waals surface area (Å²) in [5.41, 5.74) is 3.31. The van der Waals surface area contributed by atoms with Crippen LogP contribution >= 0.6 is 0 Å². The molecule has 0 aliphatic heterocycles. The summed E-state index contributed by atoms with van der Waals surface area (Å²) >= 11 is 0. The van der Waals surface area contributed by atoms with Crippen molar-refractivity contribution in [3.63, 3.8) is 0 Å². The largest absolute Gasteiger partial charge is 0.496 e. The van der Waals surface area contributed by atoms with Gasteiger partial charge in [0.15, 0.2) is 0 Å². The van der Waals surface area contributed by atoms with E-state index < -0.39 is 5.91 Å². The molecule has 1 amide bonds. The van der Waals surface area contributed by atoms with Crippen LogP contribution in [-0.4, -0.2) is 17.6 Å². The van der Waals surface area contributed by atoms with Crippen LogP contribution in [0.3, 0.4) is 0 Å². The molecule has 22 heavy (non-hydrogen) atoms. The first-order valence-corrected chi connectivity index (χ1v) is 7.07. The number of aromatic nitrogens is 1. The van der Waals surface area contributed by atoms with E-state index >= 15 is 0 Å². The van der Waals surface area contributed by atoms with E-state index in [0.717, 1.165) is 24.1 Å². The minimum absolute atomic E-state index is 0.0491. The molecule has 1 aliphatic rings. The molecule has 0 atom stereocenters. The van der Waals surface area contributed by atoms with Crippen molar-refractivity contribution < 1.29 is 9.53 Å². The highest BCUT2D eigenvalue weighted by Crippen LogP contribution is 2.39. The van der Waals surface area contributed by atoms with Crippen molar-refractivity contribution in [2.24, 2.45) is 5.84 Å². The fraction of sp³-hybridized carbons (Fsp3) is 0.250. The van der Waals surface area contributed by atoms with Gasteiger partial charge in [0.05, 0.1) is 12.8 Å². The van der Waals surface area contributed by atoms with Crippen LogP contribution < -0.4 is 21.6 Å². The molecule has 114 valence electrons. The number of nitrogens with two attached hydrogens (primary N) is 1. The lowest BCUT2D eigenvalue weighted by Crippen LogP contribution is -2.36. The van der Waals surface area contributed by atoms with Gasteiger partial charge in [-0.1, -0.05) is 12.1 Å². The molecule has 1 heterocycles. The standard InChI is InChI=1S/C16H17N3O3/c1-22-14-5-3-2-4-11(14)13-9-8-12(15(20)18-17)16(21)19(13)10-6-7-10/h2-5,8-10H,6-7,17H2,1H3,(H,18,20). The monoisotopic (exact) mass is 299 g/mol. The Bertz CT molecular complexity index is 778. The molecule has 1 saturated carbocycles. The van der Waals surface area contributed by atoms with E-state index in [0.29, 0.717) is 5.75 Å². The van der Waals surface area contributed by atoms with Crippen LogP contribution in [0.2, 0.25) is 0 Å². The van der Waals surface area contributed by atoms with E-state index in [1.54, 1.807) is 17.7 Å². The first-order valence-electron chi connectivity index (χ1n) is 7.07. The fourth-order valence-corrected chi connectivity index (χ4v) is 2.57. The molecule has 3 rings (SSSR count). The van der Waals surface area contributed by atoms with Crippen molar-refractivity contribution in [1.82, 2.24) is 9.99 Å². The number of nitrogen functional groups attached to an aromatic ring is 1. The number of nitrogens with zero attached hydrogens (tertiary/aromatic N) is 1. The summed E-state index contributed by atoms with van der Waals surface area (Å²) in [6.07, 6.45) is 1.85. The molecule has 2 aromatic rings. The molecule has 6 nitrogen and oxygen atoms in total. The summed E-state index contributed by atoms with van der Waals surface area (Å²) in [7, 11) is 1.59. The Kier molecular flexibility index (Phi) is 3.68. The number of benzene rings is 1. The quantitative estimate of drug-likeness (QED) is 0.508. The van der Waals surface area contributed by atoms with Gasteiger partial charge < -0.3 is 9.30 Å². The zero-order valence-electron chi connectivity index (χ0n) is 12.2. The zero-order valence-corrected chi connectivity index (χ0v) is 12.2. The number of carbonyl (C=O) groups is 1. The lowest BCUT2D eigenvalue weighted by molar-refractivity contribution is 0.0951. The molecule has 3 N–H and O–H groups in total. The van der Waals surface area contributed by atoms with Crippen molar-refractivity contribution in [2.75, 3.05) is 7.11 Å². The highest BCUT2D eigenvalue weighted by molar-refractivity contribution is 5.93. The predicted octanol–water partition coefficient (Wildman–Crippen LogP) is 1.46. The van der Waals surface area contributed by atoms with Gasteiger partial charge in [0.25, 0.3) is 11.5 Å². The van der Waals surface area contributed by atoms with Gasteiger partial charge >= 0.3 is 0 Å². The van der Waals surface area contributed by atoms with E-state index in [4.69, 9.17) is 10.6 Å². The summed E-state index contributed by atoms with van der Waals surface area (Å²) in [6.45, 7) is 0. The van der Waals surface area contributed by atoms with Crippen LogP contribution in [-0.2, 0) is 0 Å². The lowest BCUT2D eigenvalue weighted by Gasteiger charge is -2.16. The second-order valence-electron chi connectivity index (χ2n) is 5.21. The minimum Gasteiger partial charge on any atom is -0.496 e. The van der Waals surface area contributed by atoms with Crippen LogP contribution in [0.4, 0.5) is 0 Å². The molecule has 0 radical (unpaired) electrons. The fourth-order valence-electron chi connectivity index (χ4n) is 2.57. The van der Waals surface area contributed by atoms with Gasteiger partial charge in [-0.2, -0.15) is 0 Å². The molecular weight excluding hydrogens is 282 g/mol. The Balaban J connectivity index is 2.23. The van der Waals surface area contributed by atoms with Crippen LogP contribution in [0.15, 0.2) is 41.2 Å². The highest BCUT2D eigenvalue weighted by atomic mass is 16.5. The van der Waals surface area contributed by atoms with Crippen molar-refractivity contribution >= 4 is 5.91 Å². The maximum atomic E-state index is 12.7. The molecule has 0 unspecified atom stereocenters. The number of methoxy groups -OCH3 is 1. The summed E-state index contributed by atoms with van der Waals surface area (Å²) < 4.78 is 7.05. The first-order chi connectivity index (χ1) is 10.7. The van der Waals surface area contributed by atoms with E-state index in [2.05, 4.69) is 0 Å². The lowest BCUT2D eigenvalue weighted by atomic mass is 10.1. The maximum absolute atomic E-state index is 12.7. The second kappa shape index (κ2) is 5.65. The van der Waals surface area contributed by atoms with E-state index in [1.165, 1.54) is 6.07 Å². The van der Waals surface area contributed by atoms with E-state index in [-0.39, 0.29) is 17.2 Å². The van der Waals surface area contributed by atoms with Gasteiger partial charge in [0.2, 0.25) is 0 Å². The number of pyridine rings is 1. The number of para-hydroxylation sites is 1. The number of hydrogen-bond acceptors (Lipinski definition) is 4. The van der Waals surface area contributed by atoms with Gasteiger partial charge in [-0.3, -0.25) is 15.0 Å². The van der Waals surface area contributed by atoms with Crippen molar-refractivity contribution in [2.45, 2.75) is 18.9 Å². The normalized spacial score (nSPS) is 13.7. The maximum Gasteiger partial charge on any atom is 0.270 e. The summed E-state index contributed by atoms with van der Waals surface area (Å²) in [4.78, 5) is 24.4. The van der Waals surface area contributed by atoms with E-state index in [1.807, 2.05) is 29.7 Å². The molecular formula is C16H17N3O3. The average molecular weight is 299 g/mol. The number of hydrazine groups is 1. The third kappa shape index (κ3) is 2.37.